The van der Waals surface area contributed by atoms with Crippen LogP contribution in [-0.4, -0.2) is 60.4 Å². The quantitative estimate of drug-likeness (QED) is 0.594. The van der Waals surface area contributed by atoms with Gasteiger partial charge in [0.25, 0.3) is 0 Å². The second kappa shape index (κ2) is 10.1. The van der Waals surface area contributed by atoms with Crippen LogP contribution in [0.2, 0.25) is 5.02 Å². The van der Waals surface area contributed by atoms with E-state index in [4.69, 9.17) is 11.6 Å². The molecule has 0 radical (unpaired) electrons. The van der Waals surface area contributed by atoms with Crippen molar-refractivity contribution in [3.05, 3.63) is 71.8 Å². The van der Waals surface area contributed by atoms with Crippen LogP contribution in [0.15, 0.2) is 66.7 Å². The predicted octanol–water partition coefficient (Wildman–Crippen LogP) is 4.08. The monoisotopic (exact) mass is 450 g/mol. The average Bonchev–Trinajstić information content (AvgIpc) is 2.81. The third-order valence-electron chi connectivity index (χ3n) is 5.90. The van der Waals surface area contributed by atoms with Gasteiger partial charge in [0, 0.05) is 37.3 Å². The first-order valence-corrected chi connectivity index (χ1v) is 11.2. The Morgan fingerprint density at radius 3 is 2.31 bits per heavy atom. The fraction of sp³-hybridized carbons (Fsp3) is 0.280. The van der Waals surface area contributed by atoms with Crippen LogP contribution in [-0.2, 0) is 9.59 Å². The number of hydrogen-bond acceptors (Lipinski definition) is 4. The lowest BCUT2D eigenvalue weighted by atomic mass is 10.1. The zero-order chi connectivity index (χ0) is 22.5. The molecule has 4 rings (SSSR count). The predicted molar refractivity (Wildman–Crippen MR) is 130 cm³/mol. The molecule has 2 N–H and O–H groups in total. The Hall–Kier alpha value is -2.93. The molecule has 0 spiro atoms. The number of benzene rings is 3. The highest BCUT2D eigenvalue weighted by Gasteiger charge is 2.26. The molecule has 6 nitrogen and oxygen atoms in total. The van der Waals surface area contributed by atoms with Gasteiger partial charge in [0.2, 0.25) is 11.8 Å². The largest absolute Gasteiger partial charge is 0.324 e. The highest BCUT2D eigenvalue weighted by Crippen LogP contribution is 2.23. The van der Waals surface area contributed by atoms with Crippen LogP contribution >= 0.6 is 11.6 Å². The second-order valence-corrected chi connectivity index (χ2v) is 8.44. The van der Waals surface area contributed by atoms with Crippen molar-refractivity contribution in [2.45, 2.75) is 13.0 Å². The van der Waals surface area contributed by atoms with Gasteiger partial charge in [-0.05, 0) is 30.5 Å². The molecular formula is C25H27ClN4O2. The summed E-state index contributed by atoms with van der Waals surface area (Å²) in [6.45, 7) is 5.13. The Labute approximate surface area is 193 Å². The molecule has 1 heterocycles. The van der Waals surface area contributed by atoms with Crippen molar-refractivity contribution in [2.24, 2.45) is 0 Å². The Morgan fingerprint density at radius 1 is 0.875 bits per heavy atom. The van der Waals surface area contributed by atoms with Gasteiger partial charge in [0.15, 0.2) is 0 Å². The number of carbonyl (C=O) groups excluding carboxylic acids is 2. The molecule has 1 aliphatic heterocycles. The van der Waals surface area contributed by atoms with Gasteiger partial charge in [-0.25, -0.2) is 0 Å². The number of carbonyl (C=O) groups is 2. The van der Waals surface area contributed by atoms with Crippen molar-refractivity contribution < 1.29 is 9.59 Å². The summed E-state index contributed by atoms with van der Waals surface area (Å²) in [5.74, 6) is -0.112. The molecule has 1 atom stereocenters. The van der Waals surface area contributed by atoms with E-state index in [1.807, 2.05) is 61.5 Å². The van der Waals surface area contributed by atoms with E-state index >= 15 is 0 Å². The van der Waals surface area contributed by atoms with Gasteiger partial charge in [-0.1, -0.05) is 60.1 Å². The van der Waals surface area contributed by atoms with Crippen molar-refractivity contribution >= 4 is 45.6 Å². The standard InChI is InChI=1S/C25H27ClN4O2/c1-18(25(32)28-22-12-6-8-19-7-2-3-9-20(19)22)30-15-13-29(14-16-30)17-24(31)27-23-11-5-4-10-21(23)26/h2-12,18H,13-17H2,1H3,(H,27,31)(H,28,32). The summed E-state index contributed by atoms with van der Waals surface area (Å²) in [7, 11) is 0. The summed E-state index contributed by atoms with van der Waals surface area (Å²) in [5, 5.41) is 8.60. The van der Waals surface area contributed by atoms with Crippen LogP contribution in [0.1, 0.15) is 6.92 Å². The van der Waals surface area contributed by atoms with Crippen molar-refractivity contribution in [1.82, 2.24) is 9.80 Å². The minimum absolute atomic E-state index is 0.0220. The second-order valence-electron chi connectivity index (χ2n) is 8.03. The fourth-order valence-electron chi connectivity index (χ4n) is 4.00. The lowest BCUT2D eigenvalue weighted by Gasteiger charge is -2.37. The number of piperazine rings is 1. The molecule has 1 aliphatic rings. The molecular weight excluding hydrogens is 424 g/mol. The molecule has 166 valence electrons. The molecule has 0 bridgehead atoms. The van der Waals surface area contributed by atoms with Gasteiger partial charge in [-0.15, -0.1) is 0 Å². The maximum Gasteiger partial charge on any atom is 0.241 e. The molecule has 2 amide bonds. The van der Waals surface area contributed by atoms with E-state index in [0.717, 1.165) is 42.6 Å². The van der Waals surface area contributed by atoms with Gasteiger partial charge < -0.3 is 10.6 Å². The fourth-order valence-corrected chi connectivity index (χ4v) is 4.18. The lowest BCUT2D eigenvalue weighted by molar-refractivity contribution is -0.122. The molecule has 1 fully saturated rings. The molecule has 1 saturated heterocycles. The number of rotatable bonds is 6. The zero-order valence-electron chi connectivity index (χ0n) is 18.1. The normalized spacial score (nSPS) is 15.9. The zero-order valence-corrected chi connectivity index (χ0v) is 18.8. The first-order valence-electron chi connectivity index (χ1n) is 10.8. The molecule has 3 aromatic rings. The van der Waals surface area contributed by atoms with E-state index in [1.165, 1.54) is 0 Å². The number of nitrogens with one attached hydrogen (secondary N) is 2. The van der Waals surface area contributed by atoms with Crippen LogP contribution in [0.3, 0.4) is 0 Å². The summed E-state index contributed by atoms with van der Waals surface area (Å²) in [6, 6.07) is 20.9. The molecule has 1 unspecified atom stereocenters. The highest BCUT2D eigenvalue weighted by atomic mass is 35.5. The first-order chi connectivity index (χ1) is 15.5. The van der Waals surface area contributed by atoms with Gasteiger partial charge in [-0.2, -0.15) is 0 Å². The van der Waals surface area contributed by atoms with E-state index < -0.39 is 0 Å². The summed E-state index contributed by atoms with van der Waals surface area (Å²) in [6.07, 6.45) is 0. The van der Waals surface area contributed by atoms with E-state index in [0.29, 0.717) is 17.3 Å². The topological polar surface area (TPSA) is 64.7 Å². The number of amides is 2. The smallest absolute Gasteiger partial charge is 0.241 e. The van der Waals surface area contributed by atoms with Gasteiger partial charge in [-0.3, -0.25) is 19.4 Å². The van der Waals surface area contributed by atoms with Crippen molar-refractivity contribution in [3.8, 4) is 0 Å². The third-order valence-corrected chi connectivity index (χ3v) is 6.23. The van der Waals surface area contributed by atoms with E-state index in [1.54, 1.807) is 12.1 Å². The van der Waals surface area contributed by atoms with Crippen molar-refractivity contribution in [1.29, 1.82) is 0 Å². The number of halogens is 1. The Bertz CT molecular complexity index is 1110. The van der Waals surface area contributed by atoms with E-state index in [9.17, 15) is 9.59 Å². The number of hydrogen-bond donors (Lipinski definition) is 2. The van der Waals surface area contributed by atoms with Crippen LogP contribution < -0.4 is 10.6 Å². The summed E-state index contributed by atoms with van der Waals surface area (Å²) in [5.41, 5.74) is 1.45. The molecule has 0 saturated carbocycles. The molecule has 3 aromatic carbocycles. The summed E-state index contributed by atoms with van der Waals surface area (Å²) in [4.78, 5) is 29.5. The van der Waals surface area contributed by atoms with Crippen LogP contribution in [0, 0.1) is 0 Å². The average molecular weight is 451 g/mol. The number of fused-ring (bicyclic) bond motifs is 1. The SMILES string of the molecule is CC(C(=O)Nc1cccc2ccccc12)N1CCN(CC(=O)Nc2ccccc2Cl)CC1. The maximum atomic E-state index is 12.9. The molecule has 7 heteroatoms. The summed E-state index contributed by atoms with van der Waals surface area (Å²) >= 11 is 6.11. The van der Waals surface area contributed by atoms with Gasteiger partial charge >= 0.3 is 0 Å². The number of nitrogens with zero attached hydrogens (tertiary/aromatic N) is 2. The third kappa shape index (κ3) is 5.27. The molecule has 0 aliphatic carbocycles. The van der Waals surface area contributed by atoms with Crippen molar-refractivity contribution in [2.75, 3.05) is 43.4 Å². The van der Waals surface area contributed by atoms with Crippen LogP contribution in [0.4, 0.5) is 11.4 Å². The first kappa shape index (κ1) is 22.3. The number of para-hydroxylation sites is 1. The molecule has 0 aromatic heterocycles. The Morgan fingerprint density at radius 2 is 1.53 bits per heavy atom. The minimum atomic E-state index is -0.256. The van der Waals surface area contributed by atoms with Gasteiger partial charge in [0.05, 0.1) is 23.3 Å². The Kier molecular flexibility index (Phi) is 7.05. The van der Waals surface area contributed by atoms with Crippen molar-refractivity contribution in [3.63, 3.8) is 0 Å². The minimum Gasteiger partial charge on any atom is -0.324 e. The van der Waals surface area contributed by atoms with Crippen LogP contribution in [0.25, 0.3) is 10.8 Å². The van der Waals surface area contributed by atoms with Gasteiger partial charge in [0.1, 0.15) is 0 Å². The van der Waals surface area contributed by atoms with E-state index in [-0.39, 0.29) is 17.9 Å². The highest BCUT2D eigenvalue weighted by molar-refractivity contribution is 6.33. The Balaban J connectivity index is 1.28. The van der Waals surface area contributed by atoms with E-state index in [2.05, 4.69) is 20.4 Å². The lowest BCUT2D eigenvalue weighted by Crippen LogP contribution is -2.53. The summed E-state index contributed by atoms with van der Waals surface area (Å²) < 4.78 is 0. The van der Waals surface area contributed by atoms with Crippen LogP contribution in [0.5, 0.6) is 0 Å². The molecule has 32 heavy (non-hydrogen) atoms. The number of anilines is 2. The maximum absolute atomic E-state index is 12.9.